The van der Waals surface area contributed by atoms with Crippen LogP contribution in [0.25, 0.3) is 0 Å². The van der Waals surface area contributed by atoms with E-state index in [1.54, 1.807) is 0 Å². The summed E-state index contributed by atoms with van der Waals surface area (Å²) in [5.74, 6) is 0. The highest BCUT2D eigenvalue weighted by atomic mass is 16.3. The lowest BCUT2D eigenvalue weighted by atomic mass is 10.0. The third kappa shape index (κ3) is 3.80. The first-order valence-electron chi connectivity index (χ1n) is 6.23. The minimum Gasteiger partial charge on any atom is -0.395 e. The van der Waals surface area contributed by atoms with Crippen LogP contribution in [0.2, 0.25) is 0 Å². The summed E-state index contributed by atoms with van der Waals surface area (Å²) in [6, 6.07) is 9.02. The Morgan fingerprint density at radius 3 is 2.24 bits per heavy atom. The summed E-state index contributed by atoms with van der Waals surface area (Å²) < 4.78 is 0. The molecule has 1 rings (SSSR count). The Labute approximate surface area is 104 Å². The third-order valence-electron chi connectivity index (χ3n) is 3.11. The van der Waals surface area contributed by atoms with Crippen molar-refractivity contribution in [2.24, 2.45) is 5.73 Å². The lowest BCUT2D eigenvalue weighted by Crippen LogP contribution is -2.40. The average Bonchev–Trinajstić information content (AvgIpc) is 2.31. The number of aryl methyl sites for hydroxylation is 1. The van der Waals surface area contributed by atoms with Crippen LogP contribution in [0.3, 0.4) is 0 Å². The van der Waals surface area contributed by atoms with E-state index in [9.17, 15) is 0 Å². The fraction of sp³-hybridized carbons (Fsp3) is 0.571. The maximum absolute atomic E-state index is 9.14. The summed E-state index contributed by atoms with van der Waals surface area (Å²) in [7, 11) is 0. The molecule has 96 valence electrons. The van der Waals surface area contributed by atoms with E-state index >= 15 is 0 Å². The van der Waals surface area contributed by atoms with Gasteiger partial charge in [-0.15, -0.1) is 0 Å². The van der Waals surface area contributed by atoms with Crippen molar-refractivity contribution >= 4 is 0 Å². The van der Waals surface area contributed by atoms with Gasteiger partial charge in [0.1, 0.15) is 0 Å². The van der Waals surface area contributed by atoms with E-state index < -0.39 is 0 Å². The van der Waals surface area contributed by atoms with Crippen molar-refractivity contribution in [2.45, 2.75) is 32.9 Å². The topological polar surface area (TPSA) is 49.5 Å². The molecule has 1 aromatic carbocycles. The van der Waals surface area contributed by atoms with E-state index in [2.05, 4.69) is 49.9 Å². The van der Waals surface area contributed by atoms with Crippen LogP contribution < -0.4 is 5.73 Å². The zero-order valence-electron chi connectivity index (χ0n) is 11.1. The second-order valence-electron chi connectivity index (χ2n) is 4.72. The number of aliphatic hydroxyl groups is 1. The van der Waals surface area contributed by atoms with Crippen molar-refractivity contribution in [2.75, 3.05) is 19.7 Å². The van der Waals surface area contributed by atoms with Crippen molar-refractivity contribution < 1.29 is 5.11 Å². The Bertz CT molecular complexity index is 321. The molecule has 3 heteroatoms. The van der Waals surface area contributed by atoms with Gasteiger partial charge >= 0.3 is 0 Å². The highest BCUT2D eigenvalue weighted by Crippen LogP contribution is 2.22. The molecule has 0 spiro atoms. The van der Waals surface area contributed by atoms with E-state index in [1.807, 2.05) is 0 Å². The Hall–Kier alpha value is -0.900. The molecule has 1 unspecified atom stereocenters. The molecule has 0 aromatic heterocycles. The first kappa shape index (κ1) is 14.2. The van der Waals surface area contributed by atoms with E-state index in [-0.39, 0.29) is 12.6 Å². The predicted octanol–water partition coefficient (Wildman–Crippen LogP) is 1.70. The van der Waals surface area contributed by atoms with Gasteiger partial charge in [0.25, 0.3) is 0 Å². The molecule has 0 aliphatic carbocycles. The first-order chi connectivity index (χ1) is 8.10. The molecule has 0 radical (unpaired) electrons. The molecule has 0 saturated carbocycles. The van der Waals surface area contributed by atoms with Crippen molar-refractivity contribution in [3.8, 4) is 0 Å². The van der Waals surface area contributed by atoms with E-state index in [1.165, 1.54) is 11.1 Å². The number of aliphatic hydroxyl groups excluding tert-OH is 1. The van der Waals surface area contributed by atoms with Crippen LogP contribution in [0, 0.1) is 6.92 Å². The van der Waals surface area contributed by atoms with Gasteiger partial charge in [0.2, 0.25) is 0 Å². The van der Waals surface area contributed by atoms with Gasteiger partial charge in [-0.2, -0.15) is 0 Å². The van der Waals surface area contributed by atoms with E-state index in [0.717, 1.165) is 0 Å². The van der Waals surface area contributed by atoms with Crippen LogP contribution in [0.15, 0.2) is 24.3 Å². The summed E-state index contributed by atoms with van der Waals surface area (Å²) in [6.45, 7) is 7.74. The van der Waals surface area contributed by atoms with Gasteiger partial charge in [-0.3, -0.25) is 4.90 Å². The zero-order chi connectivity index (χ0) is 12.8. The maximum Gasteiger partial charge on any atom is 0.0558 e. The number of nitrogens with zero attached hydrogens (tertiary/aromatic N) is 1. The highest BCUT2D eigenvalue weighted by molar-refractivity contribution is 5.24. The fourth-order valence-electron chi connectivity index (χ4n) is 2.14. The number of benzene rings is 1. The highest BCUT2D eigenvalue weighted by Gasteiger charge is 2.20. The van der Waals surface area contributed by atoms with Gasteiger partial charge in [0, 0.05) is 25.2 Å². The fourth-order valence-corrected chi connectivity index (χ4v) is 2.14. The van der Waals surface area contributed by atoms with Crippen molar-refractivity contribution in [3.63, 3.8) is 0 Å². The van der Waals surface area contributed by atoms with Gasteiger partial charge in [-0.1, -0.05) is 29.8 Å². The summed E-state index contributed by atoms with van der Waals surface area (Å²) in [6.07, 6.45) is 0. The van der Waals surface area contributed by atoms with Gasteiger partial charge in [-0.25, -0.2) is 0 Å². The average molecular weight is 236 g/mol. The SMILES string of the molecule is Cc1ccc(C(CN)N(CCO)C(C)C)cc1. The molecule has 3 N–H and O–H groups in total. The van der Waals surface area contributed by atoms with Crippen LogP contribution in [-0.2, 0) is 0 Å². The van der Waals surface area contributed by atoms with Crippen LogP contribution in [0.1, 0.15) is 31.0 Å². The molecule has 1 atom stereocenters. The van der Waals surface area contributed by atoms with E-state index in [0.29, 0.717) is 19.1 Å². The van der Waals surface area contributed by atoms with Gasteiger partial charge < -0.3 is 10.8 Å². The van der Waals surface area contributed by atoms with Crippen LogP contribution in [0.4, 0.5) is 0 Å². The molecule has 0 fully saturated rings. The molecule has 17 heavy (non-hydrogen) atoms. The summed E-state index contributed by atoms with van der Waals surface area (Å²) in [4.78, 5) is 2.24. The number of hydrogen-bond donors (Lipinski definition) is 2. The maximum atomic E-state index is 9.14. The van der Waals surface area contributed by atoms with Gasteiger partial charge in [0.15, 0.2) is 0 Å². The van der Waals surface area contributed by atoms with Crippen molar-refractivity contribution in [1.82, 2.24) is 4.90 Å². The summed E-state index contributed by atoms with van der Waals surface area (Å²) >= 11 is 0. The molecule has 0 aliphatic rings. The van der Waals surface area contributed by atoms with Crippen molar-refractivity contribution in [3.05, 3.63) is 35.4 Å². The summed E-state index contributed by atoms with van der Waals surface area (Å²) in [5.41, 5.74) is 8.36. The Balaban J connectivity index is 2.91. The molecular weight excluding hydrogens is 212 g/mol. The lowest BCUT2D eigenvalue weighted by Gasteiger charge is -2.34. The second kappa shape index (κ2) is 6.74. The molecule has 0 heterocycles. The minimum absolute atomic E-state index is 0.167. The molecule has 1 aromatic rings. The number of hydrogen-bond acceptors (Lipinski definition) is 3. The smallest absolute Gasteiger partial charge is 0.0558 e. The normalized spacial score (nSPS) is 13.4. The Kier molecular flexibility index (Phi) is 5.62. The molecule has 0 amide bonds. The van der Waals surface area contributed by atoms with Crippen LogP contribution in [-0.4, -0.2) is 35.7 Å². The van der Waals surface area contributed by atoms with Crippen LogP contribution >= 0.6 is 0 Å². The standard InChI is InChI=1S/C14H24N2O/c1-11(2)16(8-9-17)14(10-15)13-6-4-12(3)5-7-13/h4-7,11,14,17H,8-10,15H2,1-3H3. The van der Waals surface area contributed by atoms with E-state index in [4.69, 9.17) is 10.8 Å². The third-order valence-corrected chi connectivity index (χ3v) is 3.11. The minimum atomic E-state index is 0.167. The van der Waals surface area contributed by atoms with Crippen molar-refractivity contribution in [1.29, 1.82) is 0 Å². The molecular formula is C14H24N2O. The van der Waals surface area contributed by atoms with Crippen LogP contribution in [0.5, 0.6) is 0 Å². The predicted molar refractivity (Wildman–Crippen MR) is 71.9 cm³/mol. The lowest BCUT2D eigenvalue weighted by molar-refractivity contribution is 0.121. The largest absolute Gasteiger partial charge is 0.395 e. The monoisotopic (exact) mass is 236 g/mol. The molecule has 0 saturated heterocycles. The first-order valence-corrected chi connectivity index (χ1v) is 6.23. The molecule has 0 aliphatic heterocycles. The number of nitrogens with two attached hydrogens (primary N) is 1. The Morgan fingerprint density at radius 2 is 1.82 bits per heavy atom. The van der Waals surface area contributed by atoms with Gasteiger partial charge in [0.05, 0.1) is 6.61 Å². The molecule has 3 nitrogen and oxygen atoms in total. The number of rotatable bonds is 6. The Morgan fingerprint density at radius 1 is 1.24 bits per heavy atom. The van der Waals surface area contributed by atoms with Gasteiger partial charge in [-0.05, 0) is 26.3 Å². The summed E-state index contributed by atoms with van der Waals surface area (Å²) in [5, 5.41) is 9.14. The quantitative estimate of drug-likeness (QED) is 0.790. The molecule has 0 bridgehead atoms. The zero-order valence-corrected chi connectivity index (χ0v) is 11.1. The second-order valence-corrected chi connectivity index (χ2v) is 4.72.